The van der Waals surface area contributed by atoms with Crippen molar-refractivity contribution in [1.29, 1.82) is 0 Å². The molecule has 2 aromatic rings. The molecule has 0 aromatic heterocycles. The predicted octanol–water partition coefficient (Wildman–Crippen LogP) is 3.15. The van der Waals surface area contributed by atoms with Crippen molar-refractivity contribution < 1.29 is 9.59 Å². The van der Waals surface area contributed by atoms with Gasteiger partial charge in [-0.15, -0.1) is 0 Å². The minimum Gasteiger partial charge on any atom is -0.355 e. The Labute approximate surface area is 146 Å². The maximum absolute atomic E-state index is 12.3. The highest BCUT2D eigenvalue weighted by Crippen LogP contribution is 2.25. The topological polar surface area (TPSA) is 58.2 Å². The van der Waals surface area contributed by atoms with Gasteiger partial charge in [-0.3, -0.25) is 9.59 Å². The van der Waals surface area contributed by atoms with Crippen molar-refractivity contribution >= 4 is 23.4 Å². The number of benzene rings is 2. The second-order valence-corrected chi connectivity index (χ2v) is 6.36. The second kappa shape index (κ2) is 7.49. The zero-order valence-corrected chi connectivity index (χ0v) is 14.0. The fraction of sp³-hybridized carbons (Fsp3) is 0.263. The van der Waals surface area contributed by atoms with Crippen molar-refractivity contribution in [2.75, 3.05) is 6.54 Å². The van der Waals surface area contributed by atoms with E-state index in [2.05, 4.69) is 10.6 Å². The Morgan fingerprint density at radius 3 is 2.62 bits per heavy atom. The molecule has 5 heteroatoms. The fourth-order valence-corrected chi connectivity index (χ4v) is 2.99. The van der Waals surface area contributed by atoms with Crippen LogP contribution in [0, 0.1) is 5.92 Å². The van der Waals surface area contributed by atoms with E-state index in [1.54, 1.807) is 0 Å². The van der Waals surface area contributed by atoms with E-state index in [1.165, 1.54) is 0 Å². The summed E-state index contributed by atoms with van der Waals surface area (Å²) in [6.45, 7) is 0.881. The van der Waals surface area contributed by atoms with Gasteiger partial charge in [0, 0.05) is 24.5 Å². The van der Waals surface area contributed by atoms with Gasteiger partial charge in [-0.1, -0.05) is 48.0 Å². The molecule has 2 amide bonds. The van der Waals surface area contributed by atoms with Crippen LogP contribution in [0.4, 0.5) is 0 Å². The summed E-state index contributed by atoms with van der Waals surface area (Å²) in [6, 6.07) is 15.6. The number of carbonyl (C=O) groups excluding carboxylic acids is 2. The first-order valence-electron chi connectivity index (χ1n) is 8.02. The molecular formula is C19H19ClN2O2. The van der Waals surface area contributed by atoms with Crippen LogP contribution in [0.3, 0.4) is 0 Å². The van der Waals surface area contributed by atoms with Crippen molar-refractivity contribution in [2.45, 2.75) is 19.4 Å². The third-order valence-electron chi connectivity index (χ3n) is 4.26. The maximum atomic E-state index is 12.3. The van der Waals surface area contributed by atoms with E-state index < -0.39 is 0 Å². The molecule has 4 nitrogen and oxygen atoms in total. The van der Waals surface area contributed by atoms with Crippen LogP contribution in [0.5, 0.6) is 0 Å². The van der Waals surface area contributed by atoms with Crippen LogP contribution in [0.25, 0.3) is 11.1 Å². The molecule has 0 saturated carbocycles. The summed E-state index contributed by atoms with van der Waals surface area (Å²) >= 11 is 5.95. The largest absolute Gasteiger partial charge is 0.355 e. The van der Waals surface area contributed by atoms with Gasteiger partial charge in [0.15, 0.2) is 0 Å². The van der Waals surface area contributed by atoms with Gasteiger partial charge in [0.05, 0.1) is 5.92 Å². The Bertz CT molecular complexity index is 733. The molecule has 0 aliphatic carbocycles. The molecule has 2 N–H and O–H groups in total. The molecule has 3 rings (SSSR count). The average molecular weight is 343 g/mol. The number of hydrogen-bond acceptors (Lipinski definition) is 2. The van der Waals surface area contributed by atoms with Gasteiger partial charge in [-0.2, -0.15) is 0 Å². The van der Waals surface area contributed by atoms with Crippen molar-refractivity contribution in [3.05, 3.63) is 59.1 Å². The molecule has 124 valence electrons. The highest BCUT2D eigenvalue weighted by atomic mass is 35.5. The van der Waals surface area contributed by atoms with Gasteiger partial charge in [0.25, 0.3) is 0 Å². The summed E-state index contributed by atoms with van der Waals surface area (Å²) in [6.07, 6.45) is 1.02. The molecule has 0 bridgehead atoms. The van der Waals surface area contributed by atoms with E-state index in [4.69, 9.17) is 11.6 Å². The van der Waals surface area contributed by atoms with Crippen LogP contribution in [-0.2, 0) is 16.1 Å². The number of hydrogen-bond donors (Lipinski definition) is 2. The first kappa shape index (κ1) is 16.5. The SMILES string of the molecule is O=C1CC[C@@H](C(=O)NCc2ccccc2-c2ccc(Cl)cc2)CN1. The van der Waals surface area contributed by atoms with Crippen molar-refractivity contribution in [1.82, 2.24) is 10.6 Å². The molecule has 2 aromatic carbocycles. The minimum absolute atomic E-state index is 0.0130. The van der Waals surface area contributed by atoms with Gasteiger partial charge in [-0.05, 0) is 35.2 Å². The number of rotatable bonds is 4. The molecule has 0 unspecified atom stereocenters. The zero-order chi connectivity index (χ0) is 16.9. The predicted molar refractivity (Wildman–Crippen MR) is 94.5 cm³/mol. The van der Waals surface area contributed by atoms with Crippen molar-refractivity contribution in [3.63, 3.8) is 0 Å². The van der Waals surface area contributed by atoms with Gasteiger partial charge >= 0.3 is 0 Å². The van der Waals surface area contributed by atoms with E-state index >= 15 is 0 Å². The van der Waals surface area contributed by atoms with Gasteiger partial charge in [0.2, 0.25) is 11.8 Å². The average Bonchev–Trinajstić information content (AvgIpc) is 2.61. The molecule has 1 aliphatic heterocycles. The van der Waals surface area contributed by atoms with Gasteiger partial charge in [-0.25, -0.2) is 0 Å². The molecule has 1 atom stereocenters. The lowest BCUT2D eigenvalue weighted by molar-refractivity contribution is -0.129. The standard InChI is InChI=1S/C19H19ClN2O2/c20-16-8-5-13(6-9-16)17-4-2-1-3-14(17)11-22-19(24)15-7-10-18(23)21-12-15/h1-6,8-9,15H,7,10-12H2,(H,21,23)(H,22,24)/t15-/m1/s1. The van der Waals surface area contributed by atoms with E-state index in [0.717, 1.165) is 16.7 Å². The highest BCUT2D eigenvalue weighted by Gasteiger charge is 2.24. The van der Waals surface area contributed by atoms with Crippen molar-refractivity contribution in [2.24, 2.45) is 5.92 Å². The second-order valence-electron chi connectivity index (χ2n) is 5.92. The first-order chi connectivity index (χ1) is 11.6. The molecule has 1 saturated heterocycles. The zero-order valence-electron chi connectivity index (χ0n) is 13.2. The monoisotopic (exact) mass is 342 g/mol. The van der Waals surface area contributed by atoms with Crippen LogP contribution in [0.1, 0.15) is 18.4 Å². The molecule has 1 heterocycles. The molecule has 0 spiro atoms. The molecule has 0 radical (unpaired) electrons. The molecule has 1 aliphatic rings. The highest BCUT2D eigenvalue weighted by molar-refractivity contribution is 6.30. The summed E-state index contributed by atoms with van der Waals surface area (Å²) in [4.78, 5) is 23.5. The Morgan fingerprint density at radius 1 is 1.17 bits per heavy atom. The van der Waals surface area contributed by atoms with Gasteiger partial charge in [0.1, 0.15) is 0 Å². The number of amides is 2. The van der Waals surface area contributed by atoms with E-state index in [1.807, 2.05) is 48.5 Å². The lowest BCUT2D eigenvalue weighted by atomic mass is 9.97. The number of carbonyl (C=O) groups is 2. The quantitative estimate of drug-likeness (QED) is 0.896. The summed E-state index contributed by atoms with van der Waals surface area (Å²) in [7, 11) is 0. The Kier molecular flexibility index (Phi) is 5.16. The lowest BCUT2D eigenvalue weighted by Gasteiger charge is -2.22. The molecular weight excluding hydrogens is 324 g/mol. The summed E-state index contributed by atoms with van der Waals surface area (Å²) in [5.74, 6) is -0.140. The van der Waals surface area contributed by atoms with Gasteiger partial charge < -0.3 is 10.6 Å². The fourth-order valence-electron chi connectivity index (χ4n) is 2.87. The number of piperidine rings is 1. The maximum Gasteiger partial charge on any atom is 0.225 e. The lowest BCUT2D eigenvalue weighted by Crippen LogP contribution is -2.42. The van der Waals surface area contributed by atoms with Crippen LogP contribution in [-0.4, -0.2) is 18.4 Å². The molecule has 24 heavy (non-hydrogen) atoms. The minimum atomic E-state index is -0.148. The summed E-state index contributed by atoms with van der Waals surface area (Å²) in [5.41, 5.74) is 3.19. The first-order valence-corrected chi connectivity index (χ1v) is 8.39. The van der Waals surface area contributed by atoms with Crippen LogP contribution in [0.15, 0.2) is 48.5 Å². The van der Waals surface area contributed by atoms with E-state index in [0.29, 0.717) is 31.0 Å². The number of nitrogens with one attached hydrogen (secondary N) is 2. The van der Waals surface area contributed by atoms with Crippen LogP contribution < -0.4 is 10.6 Å². The summed E-state index contributed by atoms with van der Waals surface area (Å²) in [5, 5.41) is 6.43. The van der Waals surface area contributed by atoms with E-state index in [9.17, 15) is 9.59 Å². The Morgan fingerprint density at radius 2 is 1.92 bits per heavy atom. The smallest absolute Gasteiger partial charge is 0.225 e. The number of halogens is 1. The van der Waals surface area contributed by atoms with Crippen LogP contribution >= 0.6 is 11.6 Å². The summed E-state index contributed by atoms with van der Waals surface area (Å²) < 4.78 is 0. The van der Waals surface area contributed by atoms with E-state index in [-0.39, 0.29) is 17.7 Å². The third-order valence-corrected chi connectivity index (χ3v) is 4.51. The molecule has 1 fully saturated rings. The van der Waals surface area contributed by atoms with Crippen LogP contribution in [0.2, 0.25) is 5.02 Å². The Hall–Kier alpha value is -2.33. The third kappa shape index (κ3) is 3.95. The van der Waals surface area contributed by atoms with Crippen molar-refractivity contribution in [3.8, 4) is 11.1 Å². The Balaban J connectivity index is 1.68. The normalized spacial score (nSPS) is 17.2.